The first-order valence-corrected chi connectivity index (χ1v) is 6.43. The Morgan fingerprint density at radius 1 is 0.875 bits per heavy atom. The Labute approximate surface area is 92.5 Å². The van der Waals surface area contributed by atoms with Gasteiger partial charge in [0.1, 0.15) is 0 Å². The summed E-state index contributed by atoms with van der Waals surface area (Å²) < 4.78 is 4.89. The molecule has 82 valence electrons. The van der Waals surface area contributed by atoms with Gasteiger partial charge in [0.2, 0.25) is 0 Å². The molecule has 1 aliphatic heterocycles. The van der Waals surface area contributed by atoms with Gasteiger partial charge in [-0.1, -0.05) is 6.92 Å². The van der Waals surface area contributed by atoms with Crippen LogP contribution in [0, 0.1) is 58.7 Å². The van der Waals surface area contributed by atoms with Gasteiger partial charge < -0.3 is 4.74 Å². The molecule has 0 aromatic rings. The summed E-state index contributed by atoms with van der Waals surface area (Å²) in [4.78, 5) is 23.5. The zero-order chi connectivity index (χ0) is 10.6. The predicted molar refractivity (Wildman–Crippen MR) is 50.6 cm³/mol. The molecule has 2 bridgehead atoms. The molecule has 1 saturated heterocycles. The van der Waals surface area contributed by atoms with Gasteiger partial charge in [0.15, 0.2) is 0 Å². The predicted octanol–water partition coefficient (Wildman–Crippen LogP) is 0.690. The standard InChI is InChI=1S/C13H12O3/c1-13-8-5-2-3-4(12(15)16-11(3)14)7(9(5)13)10(13)6(2)8/h2-10H,1H3/t2?,3-,4-,5-,6-,7?,8?,9+,10+,13?/m1/s1. The molecule has 0 aromatic carbocycles. The lowest BCUT2D eigenvalue weighted by molar-refractivity contribution is -0.524. The van der Waals surface area contributed by atoms with Crippen LogP contribution in [0.25, 0.3) is 0 Å². The van der Waals surface area contributed by atoms with Crippen LogP contribution in [0.3, 0.4) is 0 Å². The summed E-state index contributed by atoms with van der Waals surface area (Å²) in [6.07, 6.45) is 0. The van der Waals surface area contributed by atoms with E-state index in [0.717, 1.165) is 29.6 Å². The van der Waals surface area contributed by atoms with Crippen LogP contribution in [0.1, 0.15) is 6.92 Å². The zero-order valence-electron chi connectivity index (χ0n) is 8.92. The molecule has 0 aromatic heterocycles. The van der Waals surface area contributed by atoms with E-state index in [2.05, 4.69) is 6.92 Å². The topological polar surface area (TPSA) is 43.4 Å². The number of carbonyl (C=O) groups excluding carboxylic acids is 2. The third kappa shape index (κ3) is 0.362. The Morgan fingerprint density at radius 2 is 1.38 bits per heavy atom. The molecular weight excluding hydrogens is 204 g/mol. The summed E-state index contributed by atoms with van der Waals surface area (Å²) >= 11 is 0. The fraction of sp³-hybridized carbons (Fsp3) is 0.846. The van der Waals surface area contributed by atoms with E-state index >= 15 is 0 Å². The number of rotatable bonds is 0. The SMILES string of the molecule is CC12C3[C@H]4C5[C@H]3[C@H]1C([C@H]42)[C@@H]1C(=O)OC(=O)[C@H]51. The van der Waals surface area contributed by atoms with Gasteiger partial charge in [-0.3, -0.25) is 9.59 Å². The normalized spacial score (nSPS) is 78.7. The average Bonchev–Trinajstić information content (AvgIpc) is 2.52. The van der Waals surface area contributed by atoms with Crippen LogP contribution in [0.5, 0.6) is 0 Å². The first kappa shape index (κ1) is 7.46. The number of esters is 2. The lowest BCUT2D eigenvalue weighted by atomic mass is 9.05. The van der Waals surface area contributed by atoms with E-state index in [4.69, 9.17) is 4.74 Å². The van der Waals surface area contributed by atoms with Crippen LogP contribution in [0.2, 0.25) is 0 Å². The molecule has 0 spiro atoms. The van der Waals surface area contributed by atoms with E-state index in [-0.39, 0.29) is 23.8 Å². The molecule has 7 rings (SSSR count). The molecule has 3 nitrogen and oxygen atoms in total. The smallest absolute Gasteiger partial charge is 0.317 e. The van der Waals surface area contributed by atoms with Crippen LogP contribution in [0.15, 0.2) is 0 Å². The summed E-state index contributed by atoms with van der Waals surface area (Å²) in [5.41, 5.74) is 0.591. The summed E-state index contributed by atoms with van der Waals surface area (Å²) in [7, 11) is 0. The van der Waals surface area contributed by atoms with E-state index < -0.39 is 0 Å². The van der Waals surface area contributed by atoms with Crippen molar-refractivity contribution in [2.75, 3.05) is 0 Å². The Bertz CT molecular complexity index is 489. The Balaban J connectivity index is 1.58. The van der Waals surface area contributed by atoms with Crippen LogP contribution in [0.4, 0.5) is 0 Å². The maximum atomic E-state index is 11.8. The lowest BCUT2D eigenvalue weighted by Crippen LogP contribution is -2.97. The van der Waals surface area contributed by atoms with Crippen LogP contribution >= 0.6 is 0 Å². The fourth-order valence-corrected chi connectivity index (χ4v) is 7.55. The van der Waals surface area contributed by atoms with Gasteiger partial charge >= 0.3 is 11.9 Å². The van der Waals surface area contributed by atoms with Gasteiger partial charge in [-0.15, -0.1) is 0 Å². The summed E-state index contributed by atoms with van der Waals surface area (Å²) in [6, 6.07) is 0. The Morgan fingerprint density at radius 3 is 2.00 bits per heavy atom. The van der Waals surface area contributed by atoms with E-state index in [1.165, 1.54) is 0 Å². The summed E-state index contributed by atoms with van der Waals surface area (Å²) in [6.45, 7) is 2.41. The largest absolute Gasteiger partial charge is 0.393 e. The molecule has 0 N–H and O–H groups in total. The molecule has 7 fully saturated rings. The van der Waals surface area contributed by atoms with Gasteiger partial charge in [0.25, 0.3) is 0 Å². The maximum absolute atomic E-state index is 11.8. The number of hydrogen-bond donors (Lipinski definition) is 0. The number of cyclic esters (lactones) is 2. The van der Waals surface area contributed by atoms with Crippen molar-refractivity contribution in [3.8, 4) is 0 Å². The van der Waals surface area contributed by atoms with Crippen molar-refractivity contribution in [2.45, 2.75) is 6.92 Å². The molecule has 6 aliphatic carbocycles. The molecule has 3 heteroatoms. The maximum Gasteiger partial charge on any atom is 0.317 e. The minimum atomic E-state index is -0.195. The third-order valence-corrected chi connectivity index (χ3v) is 7.49. The third-order valence-electron chi connectivity index (χ3n) is 7.49. The first-order chi connectivity index (χ1) is 7.67. The van der Waals surface area contributed by atoms with Crippen molar-refractivity contribution < 1.29 is 14.3 Å². The Hall–Kier alpha value is -0.860. The monoisotopic (exact) mass is 216 g/mol. The molecule has 1 heterocycles. The van der Waals surface area contributed by atoms with Gasteiger partial charge in [-0.05, 0) is 46.8 Å². The van der Waals surface area contributed by atoms with Crippen molar-refractivity contribution >= 4 is 11.9 Å². The summed E-state index contributed by atoms with van der Waals surface area (Å²) in [5, 5.41) is 0. The van der Waals surface area contributed by atoms with Crippen LogP contribution in [-0.4, -0.2) is 11.9 Å². The molecule has 0 amide bonds. The van der Waals surface area contributed by atoms with E-state index in [1.807, 2.05) is 0 Å². The van der Waals surface area contributed by atoms with E-state index in [0.29, 0.717) is 17.3 Å². The van der Waals surface area contributed by atoms with E-state index in [9.17, 15) is 9.59 Å². The van der Waals surface area contributed by atoms with Crippen molar-refractivity contribution in [3.63, 3.8) is 0 Å². The summed E-state index contributed by atoms with van der Waals surface area (Å²) in [5.74, 6) is 4.68. The highest BCUT2D eigenvalue weighted by Gasteiger charge is 2.97. The zero-order valence-corrected chi connectivity index (χ0v) is 8.92. The second kappa shape index (κ2) is 1.59. The van der Waals surface area contributed by atoms with Crippen LogP contribution in [-0.2, 0) is 14.3 Å². The van der Waals surface area contributed by atoms with Gasteiger partial charge in [-0.2, -0.15) is 0 Å². The quantitative estimate of drug-likeness (QED) is 0.442. The van der Waals surface area contributed by atoms with Gasteiger partial charge in [0, 0.05) is 0 Å². The fourth-order valence-electron chi connectivity index (χ4n) is 7.55. The van der Waals surface area contributed by atoms with Gasteiger partial charge in [-0.25, -0.2) is 0 Å². The first-order valence-electron chi connectivity index (χ1n) is 6.43. The van der Waals surface area contributed by atoms with Crippen molar-refractivity contribution in [1.82, 2.24) is 0 Å². The number of hydrogen-bond acceptors (Lipinski definition) is 3. The lowest BCUT2D eigenvalue weighted by Gasteiger charge is -2.99. The highest BCUT2D eigenvalue weighted by atomic mass is 16.6. The molecule has 6 atom stereocenters. The highest BCUT2D eigenvalue weighted by molar-refractivity contribution is 5.98. The van der Waals surface area contributed by atoms with Crippen molar-refractivity contribution in [3.05, 3.63) is 0 Å². The van der Waals surface area contributed by atoms with Crippen molar-refractivity contribution in [2.24, 2.45) is 58.7 Å². The molecule has 16 heavy (non-hydrogen) atoms. The molecule has 7 aliphatic rings. The Kier molecular flexibility index (Phi) is 0.743. The van der Waals surface area contributed by atoms with Gasteiger partial charge in [0.05, 0.1) is 11.8 Å². The molecule has 0 unspecified atom stereocenters. The number of ether oxygens (including phenoxy) is 1. The highest BCUT2D eigenvalue weighted by Crippen LogP contribution is 2.98. The molecule has 0 radical (unpaired) electrons. The van der Waals surface area contributed by atoms with E-state index in [1.54, 1.807) is 0 Å². The molecular formula is C13H12O3. The minimum absolute atomic E-state index is 0.0268. The second-order valence-electron chi connectivity index (χ2n) is 7.04. The van der Waals surface area contributed by atoms with Crippen LogP contribution < -0.4 is 0 Å². The second-order valence-corrected chi connectivity index (χ2v) is 7.04. The van der Waals surface area contributed by atoms with Crippen molar-refractivity contribution in [1.29, 1.82) is 0 Å². The molecule has 6 saturated carbocycles. The number of carbonyl (C=O) groups is 2. The minimum Gasteiger partial charge on any atom is -0.393 e. The average molecular weight is 216 g/mol.